The molecule has 0 rings (SSSR count). The maximum absolute atomic E-state index is 12.5. The summed E-state index contributed by atoms with van der Waals surface area (Å²) in [7, 11) is -4.42. The molecule has 0 aliphatic rings. The second kappa shape index (κ2) is 42.0. The van der Waals surface area contributed by atoms with E-state index in [4.69, 9.17) is 24.3 Å². The minimum absolute atomic E-state index is 0.0258. The summed E-state index contributed by atoms with van der Waals surface area (Å²) in [5, 5.41) is 0. The van der Waals surface area contributed by atoms with Crippen LogP contribution in [0.25, 0.3) is 0 Å². The van der Waals surface area contributed by atoms with Crippen molar-refractivity contribution in [2.75, 3.05) is 26.4 Å². The molecule has 9 nitrogen and oxygen atoms in total. The highest BCUT2D eigenvalue weighted by molar-refractivity contribution is 7.47. The van der Waals surface area contributed by atoms with Crippen molar-refractivity contribution >= 4 is 19.8 Å². The predicted octanol–water partition coefficient (Wildman–Crippen LogP) is 12.2. The Morgan fingerprint density at radius 3 is 1.40 bits per heavy atom. The fraction of sp³-hybridized carbons (Fsp3) is 0.532. The molecule has 0 aromatic carbocycles. The summed E-state index contributed by atoms with van der Waals surface area (Å²) in [5.74, 6) is -1.03. The molecule has 0 aromatic heterocycles. The van der Waals surface area contributed by atoms with Crippen LogP contribution in [0.15, 0.2) is 122 Å². The highest BCUT2D eigenvalue weighted by Gasteiger charge is 2.25. The summed E-state index contributed by atoms with van der Waals surface area (Å²) >= 11 is 0. The number of phosphoric ester groups is 1. The molecule has 0 fully saturated rings. The number of allylic oxidation sites excluding steroid dienone is 20. The molecule has 57 heavy (non-hydrogen) atoms. The number of rotatable bonds is 37. The number of esters is 2. The summed E-state index contributed by atoms with van der Waals surface area (Å²) in [4.78, 5) is 34.8. The molecule has 2 atom stereocenters. The Kier molecular flexibility index (Phi) is 39.4. The number of carbonyl (C=O) groups excluding carboxylic acids is 2. The Morgan fingerprint density at radius 1 is 0.544 bits per heavy atom. The van der Waals surface area contributed by atoms with Crippen LogP contribution in [0, 0.1) is 0 Å². The molecule has 0 aliphatic heterocycles. The van der Waals surface area contributed by atoms with Gasteiger partial charge >= 0.3 is 19.8 Å². The zero-order chi connectivity index (χ0) is 41.8. The summed E-state index contributed by atoms with van der Waals surface area (Å²) in [6.07, 6.45) is 56.9. The largest absolute Gasteiger partial charge is 0.472 e. The SMILES string of the molecule is CCC=CCC=CCC=CCC=CCC=CCC=CCCC(=O)OC(COC(=O)CCC=CCC=CCC=CCC=CCCCCCC)COP(=O)(O)OCCN. The lowest BCUT2D eigenvalue weighted by Gasteiger charge is -2.19. The highest BCUT2D eigenvalue weighted by Crippen LogP contribution is 2.43. The molecule has 3 N–H and O–H groups in total. The van der Waals surface area contributed by atoms with Gasteiger partial charge in [-0.05, 0) is 83.5 Å². The molecule has 0 radical (unpaired) electrons. The predicted molar refractivity (Wildman–Crippen MR) is 237 cm³/mol. The Hall–Kier alpha value is -3.59. The van der Waals surface area contributed by atoms with Crippen LogP contribution in [0.1, 0.15) is 129 Å². The van der Waals surface area contributed by atoms with Crippen molar-refractivity contribution in [3.63, 3.8) is 0 Å². The smallest absolute Gasteiger partial charge is 0.462 e. The average Bonchev–Trinajstić information content (AvgIpc) is 3.20. The topological polar surface area (TPSA) is 134 Å². The quantitative estimate of drug-likeness (QED) is 0.0272. The minimum atomic E-state index is -4.42. The standard InChI is InChI=1S/C47H74NO8P/c1-3-5-7-9-11-13-15-17-19-21-22-24-26-28-30-32-34-36-38-40-47(50)56-45(44-55-57(51,52)54-42-41-48)43-53-46(49)39-37-35-33-31-29-27-25-23-20-18-16-14-12-10-8-6-4-2/h5,7,11,13-14,16-17,19-20,22-24,27-30,33-36,45H,3-4,6,8-10,12,15,18,21,25-26,31-32,37-44,48H2,1-2H3,(H,51,52). The van der Waals surface area contributed by atoms with Crippen molar-refractivity contribution in [3.8, 4) is 0 Å². The second-order valence-electron chi connectivity index (χ2n) is 13.1. The van der Waals surface area contributed by atoms with Crippen molar-refractivity contribution in [1.29, 1.82) is 0 Å². The van der Waals surface area contributed by atoms with Gasteiger partial charge < -0.3 is 20.1 Å². The van der Waals surface area contributed by atoms with Crippen LogP contribution in [0.4, 0.5) is 0 Å². The Bertz CT molecular complexity index is 1340. The first kappa shape index (κ1) is 53.4. The van der Waals surface area contributed by atoms with Crippen molar-refractivity contribution in [2.24, 2.45) is 5.73 Å². The van der Waals surface area contributed by atoms with Crippen LogP contribution in [0.2, 0.25) is 0 Å². The molecule has 2 unspecified atom stereocenters. The van der Waals surface area contributed by atoms with Gasteiger partial charge in [0.25, 0.3) is 0 Å². The summed E-state index contributed by atoms with van der Waals surface area (Å²) < 4.78 is 32.6. The first-order valence-corrected chi connectivity index (χ1v) is 22.5. The van der Waals surface area contributed by atoms with Gasteiger partial charge in [0, 0.05) is 19.4 Å². The Balaban J connectivity index is 4.45. The molecule has 320 valence electrons. The van der Waals surface area contributed by atoms with Gasteiger partial charge in [0.05, 0.1) is 13.2 Å². The molecule has 0 saturated heterocycles. The van der Waals surface area contributed by atoms with Crippen LogP contribution < -0.4 is 5.73 Å². The Morgan fingerprint density at radius 2 is 0.965 bits per heavy atom. The zero-order valence-corrected chi connectivity index (χ0v) is 35.9. The fourth-order valence-electron chi connectivity index (χ4n) is 4.78. The van der Waals surface area contributed by atoms with E-state index in [1.165, 1.54) is 25.7 Å². The molecular formula is C47H74NO8P. The van der Waals surface area contributed by atoms with Gasteiger partial charge in [0.1, 0.15) is 6.61 Å². The molecule has 0 bridgehead atoms. The summed E-state index contributed by atoms with van der Waals surface area (Å²) in [5.41, 5.74) is 5.33. The maximum atomic E-state index is 12.5. The van der Waals surface area contributed by atoms with E-state index >= 15 is 0 Å². The number of carbonyl (C=O) groups is 2. The first-order valence-electron chi connectivity index (χ1n) is 21.0. The van der Waals surface area contributed by atoms with E-state index in [2.05, 4.69) is 111 Å². The van der Waals surface area contributed by atoms with Gasteiger partial charge in [0.2, 0.25) is 0 Å². The summed E-state index contributed by atoms with van der Waals surface area (Å²) in [6, 6.07) is 0. The third-order valence-corrected chi connectivity index (χ3v) is 8.84. The van der Waals surface area contributed by atoms with E-state index in [1.807, 2.05) is 24.3 Å². The van der Waals surface area contributed by atoms with E-state index in [9.17, 15) is 19.0 Å². The lowest BCUT2D eigenvalue weighted by molar-refractivity contribution is -0.161. The van der Waals surface area contributed by atoms with Gasteiger partial charge in [0.15, 0.2) is 6.10 Å². The molecule has 0 aromatic rings. The molecule has 0 aliphatic carbocycles. The van der Waals surface area contributed by atoms with Crippen LogP contribution in [0.5, 0.6) is 0 Å². The third-order valence-electron chi connectivity index (χ3n) is 7.86. The third kappa shape index (κ3) is 41.9. The van der Waals surface area contributed by atoms with Gasteiger partial charge in [-0.15, -0.1) is 0 Å². The van der Waals surface area contributed by atoms with E-state index in [1.54, 1.807) is 0 Å². The number of unbranched alkanes of at least 4 members (excludes halogenated alkanes) is 4. The number of phosphoric acid groups is 1. The first-order chi connectivity index (χ1) is 27.8. The van der Waals surface area contributed by atoms with Crippen molar-refractivity contribution in [1.82, 2.24) is 0 Å². The zero-order valence-electron chi connectivity index (χ0n) is 35.0. The number of ether oxygens (including phenoxy) is 2. The monoisotopic (exact) mass is 812 g/mol. The van der Waals surface area contributed by atoms with Crippen LogP contribution in [-0.2, 0) is 32.7 Å². The van der Waals surface area contributed by atoms with Crippen LogP contribution in [0.3, 0.4) is 0 Å². The minimum Gasteiger partial charge on any atom is -0.462 e. The fourth-order valence-corrected chi connectivity index (χ4v) is 5.55. The molecule has 0 spiro atoms. The van der Waals surface area contributed by atoms with E-state index in [0.717, 1.165) is 64.2 Å². The van der Waals surface area contributed by atoms with E-state index in [0.29, 0.717) is 12.8 Å². The number of hydrogen-bond donors (Lipinski definition) is 2. The maximum Gasteiger partial charge on any atom is 0.472 e. The lowest BCUT2D eigenvalue weighted by Crippen LogP contribution is -2.29. The van der Waals surface area contributed by atoms with Crippen LogP contribution in [-0.4, -0.2) is 49.3 Å². The lowest BCUT2D eigenvalue weighted by atomic mass is 10.1. The molecule has 0 heterocycles. The molecule has 0 saturated carbocycles. The van der Waals surface area contributed by atoms with Crippen LogP contribution >= 0.6 is 7.82 Å². The Labute approximate surface area is 345 Å². The normalized spacial score (nSPS) is 14.5. The van der Waals surface area contributed by atoms with E-state index in [-0.39, 0.29) is 32.6 Å². The molecule has 10 heteroatoms. The van der Waals surface area contributed by atoms with Crippen molar-refractivity contribution < 1.29 is 37.6 Å². The van der Waals surface area contributed by atoms with Gasteiger partial charge in [-0.3, -0.25) is 18.6 Å². The van der Waals surface area contributed by atoms with Crippen molar-refractivity contribution in [3.05, 3.63) is 122 Å². The summed E-state index contributed by atoms with van der Waals surface area (Å²) in [6.45, 7) is 3.39. The van der Waals surface area contributed by atoms with Crippen molar-refractivity contribution in [2.45, 2.75) is 136 Å². The second-order valence-corrected chi connectivity index (χ2v) is 14.6. The molecular weight excluding hydrogens is 737 g/mol. The van der Waals surface area contributed by atoms with Gasteiger partial charge in [-0.25, -0.2) is 4.57 Å². The van der Waals surface area contributed by atoms with Gasteiger partial charge in [-0.1, -0.05) is 155 Å². The molecule has 0 amide bonds. The number of hydrogen-bond acceptors (Lipinski definition) is 8. The number of nitrogens with two attached hydrogens (primary N) is 1. The van der Waals surface area contributed by atoms with Gasteiger partial charge in [-0.2, -0.15) is 0 Å². The average molecular weight is 812 g/mol. The highest BCUT2D eigenvalue weighted by atomic mass is 31.2. The van der Waals surface area contributed by atoms with E-state index < -0.39 is 32.5 Å².